The van der Waals surface area contributed by atoms with Gasteiger partial charge in [-0.1, -0.05) is 19.1 Å². The number of aryl methyl sites for hydroxylation is 1. The summed E-state index contributed by atoms with van der Waals surface area (Å²) in [4.78, 5) is 0.323. The zero-order valence-corrected chi connectivity index (χ0v) is 16.8. The third kappa shape index (κ3) is 3.56. The number of thioether (sulfide) groups is 1. The first-order valence-corrected chi connectivity index (χ1v) is 10.9. The molecule has 0 aromatic heterocycles. The molecule has 2 aromatic rings. The molecule has 1 atom stereocenters. The molecule has 1 saturated heterocycles. The second-order valence-electron chi connectivity index (χ2n) is 5.94. The minimum atomic E-state index is -3.59. The second kappa shape index (κ2) is 7.90. The summed E-state index contributed by atoms with van der Waals surface area (Å²) in [6.07, 6.45) is 0.878. The highest BCUT2D eigenvalue weighted by molar-refractivity contribution is 8.01. The fourth-order valence-corrected chi connectivity index (χ4v) is 6.26. The molecule has 0 amide bonds. The van der Waals surface area contributed by atoms with E-state index in [4.69, 9.17) is 9.47 Å². The van der Waals surface area contributed by atoms with Crippen molar-refractivity contribution in [2.45, 2.75) is 23.6 Å². The van der Waals surface area contributed by atoms with Gasteiger partial charge in [0, 0.05) is 17.9 Å². The van der Waals surface area contributed by atoms with Crippen LogP contribution in [0.1, 0.15) is 23.4 Å². The van der Waals surface area contributed by atoms with E-state index < -0.39 is 10.0 Å². The Bertz CT molecular complexity index is 866. The van der Waals surface area contributed by atoms with Gasteiger partial charge in [0.15, 0.2) is 0 Å². The van der Waals surface area contributed by atoms with Gasteiger partial charge < -0.3 is 9.47 Å². The van der Waals surface area contributed by atoms with Gasteiger partial charge in [-0.3, -0.25) is 0 Å². The van der Waals surface area contributed by atoms with E-state index in [-0.39, 0.29) is 5.37 Å². The highest BCUT2D eigenvalue weighted by Gasteiger charge is 2.38. The van der Waals surface area contributed by atoms with Crippen molar-refractivity contribution in [2.24, 2.45) is 0 Å². The normalized spacial score (nSPS) is 18.0. The molecule has 7 heteroatoms. The van der Waals surface area contributed by atoms with Crippen LogP contribution in [0, 0.1) is 0 Å². The lowest BCUT2D eigenvalue weighted by atomic mass is 10.2. The summed E-state index contributed by atoms with van der Waals surface area (Å²) >= 11 is 1.59. The van der Waals surface area contributed by atoms with Crippen LogP contribution in [0.15, 0.2) is 47.4 Å². The van der Waals surface area contributed by atoms with Crippen LogP contribution in [0.5, 0.6) is 11.5 Å². The molecular formula is C19H23NO4S2. The Morgan fingerprint density at radius 3 is 2.46 bits per heavy atom. The van der Waals surface area contributed by atoms with Gasteiger partial charge in [-0.2, -0.15) is 4.31 Å². The Balaban J connectivity index is 1.99. The van der Waals surface area contributed by atoms with Crippen molar-refractivity contribution in [1.82, 2.24) is 4.31 Å². The van der Waals surface area contributed by atoms with Crippen LogP contribution >= 0.6 is 11.8 Å². The van der Waals surface area contributed by atoms with E-state index in [0.29, 0.717) is 22.9 Å². The number of methoxy groups -OCH3 is 2. The van der Waals surface area contributed by atoms with E-state index >= 15 is 0 Å². The fourth-order valence-electron chi connectivity index (χ4n) is 3.01. The smallest absolute Gasteiger partial charge is 0.244 e. The predicted molar refractivity (Wildman–Crippen MR) is 104 cm³/mol. The molecule has 0 aliphatic carbocycles. The van der Waals surface area contributed by atoms with E-state index in [1.54, 1.807) is 42.4 Å². The maximum atomic E-state index is 13.2. The summed E-state index contributed by atoms with van der Waals surface area (Å²) in [6.45, 7) is 2.51. The van der Waals surface area contributed by atoms with E-state index in [9.17, 15) is 8.42 Å². The van der Waals surface area contributed by atoms with Gasteiger partial charge >= 0.3 is 0 Å². The van der Waals surface area contributed by atoms with Crippen molar-refractivity contribution in [3.05, 3.63) is 53.6 Å². The summed E-state index contributed by atoms with van der Waals surface area (Å²) in [5, 5.41) is -0.337. The average Bonchev–Trinajstić information content (AvgIpc) is 3.18. The van der Waals surface area contributed by atoms with Gasteiger partial charge in [0.2, 0.25) is 10.0 Å². The van der Waals surface area contributed by atoms with Crippen molar-refractivity contribution in [3.8, 4) is 11.5 Å². The topological polar surface area (TPSA) is 55.8 Å². The number of rotatable bonds is 6. The molecule has 3 rings (SSSR count). The van der Waals surface area contributed by atoms with Crippen LogP contribution in [0.3, 0.4) is 0 Å². The van der Waals surface area contributed by atoms with E-state index in [2.05, 4.69) is 0 Å². The monoisotopic (exact) mass is 393 g/mol. The van der Waals surface area contributed by atoms with Crippen molar-refractivity contribution in [3.63, 3.8) is 0 Å². The summed E-state index contributed by atoms with van der Waals surface area (Å²) < 4.78 is 38.8. The van der Waals surface area contributed by atoms with Gasteiger partial charge in [0.1, 0.15) is 11.5 Å². The van der Waals surface area contributed by atoms with Crippen LogP contribution in [-0.2, 0) is 16.4 Å². The number of benzene rings is 2. The highest BCUT2D eigenvalue weighted by Crippen LogP contribution is 2.45. The molecule has 5 nitrogen and oxygen atoms in total. The van der Waals surface area contributed by atoms with Crippen molar-refractivity contribution >= 4 is 21.8 Å². The van der Waals surface area contributed by atoms with Gasteiger partial charge in [0.25, 0.3) is 0 Å². The Labute approximate surface area is 159 Å². The Morgan fingerprint density at radius 2 is 1.85 bits per heavy atom. The predicted octanol–water partition coefficient (Wildman–Crippen LogP) is 3.70. The Morgan fingerprint density at radius 1 is 1.12 bits per heavy atom. The van der Waals surface area contributed by atoms with Crippen LogP contribution in [0.2, 0.25) is 0 Å². The first-order chi connectivity index (χ1) is 12.5. The van der Waals surface area contributed by atoms with Crippen LogP contribution < -0.4 is 9.47 Å². The number of sulfonamides is 1. The number of nitrogens with zero attached hydrogens (tertiary/aromatic N) is 1. The van der Waals surface area contributed by atoms with E-state index in [1.807, 2.05) is 37.3 Å². The molecule has 1 fully saturated rings. The van der Waals surface area contributed by atoms with Gasteiger partial charge in [0.05, 0.1) is 24.5 Å². The lowest BCUT2D eigenvalue weighted by molar-refractivity contribution is 0.382. The molecule has 0 N–H and O–H groups in total. The molecule has 0 spiro atoms. The average molecular weight is 394 g/mol. The lowest BCUT2D eigenvalue weighted by Gasteiger charge is -2.25. The van der Waals surface area contributed by atoms with E-state index in [0.717, 1.165) is 23.3 Å². The van der Waals surface area contributed by atoms with Gasteiger partial charge in [-0.05, 0) is 42.3 Å². The minimum absolute atomic E-state index is 0.323. The molecule has 26 heavy (non-hydrogen) atoms. The van der Waals surface area contributed by atoms with Crippen LogP contribution in [0.4, 0.5) is 0 Å². The Hall–Kier alpha value is -1.70. The minimum Gasteiger partial charge on any atom is -0.497 e. The van der Waals surface area contributed by atoms with Gasteiger partial charge in [-0.25, -0.2) is 8.42 Å². The molecule has 140 valence electrons. The number of ether oxygens (including phenoxy) is 2. The molecule has 0 bridgehead atoms. The number of hydrogen-bond donors (Lipinski definition) is 0. The van der Waals surface area contributed by atoms with Crippen molar-refractivity contribution < 1.29 is 17.9 Å². The first-order valence-electron chi connectivity index (χ1n) is 8.45. The summed E-state index contributed by atoms with van der Waals surface area (Å²) in [5.74, 6) is 2.07. The largest absolute Gasteiger partial charge is 0.497 e. The molecule has 1 aliphatic rings. The molecule has 0 radical (unpaired) electrons. The molecule has 1 aliphatic heterocycles. The molecule has 1 unspecified atom stereocenters. The maximum Gasteiger partial charge on any atom is 0.244 e. The van der Waals surface area contributed by atoms with Crippen molar-refractivity contribution in [2.75, 3.05) is 26.5 Å². The molecule has 0 saturated carbocycles. The summed E-state index contributed by atoms with van der Waals surface area (Å²) in [7, 11) is -0.404. The first kappa shape index (κ1) is 19.1. The Kier molecular flexibility index (Phi) is 5.79. The molecule has 1 heterocycles. The van der Waals surface area contributed by atoms with Crippen LogP contribution in [0.25, 0.3) is 0 Å². The summed E-state index contributed by atoms with van der Waals surface area (Å²) in [6, 6.07) is 12.6. The fraction of sp³-hybridized carbons (Fsp3) is 0.368. The van der Waals surface area contributed by atoms with E-state index in [1.165, 1.54) is 0 Å². The second-order valence-corrected chi connectivity index (χ2v) is 9.02. The van der Waals surface area contributed by atoms with Gasteiger partial charge in [-0.15, -0.1) is 11.8 Å². The zero-order chi connectivity index (χ0) is 18.7. The number of hydrogen-bond acceptors (Lipinski definition) is 5. The third-order valence-electron chi connectivity index (χ3n) is 4.49. The molecule has 2 aromatic carbocycles. The van der Waals surface area contributed by atoms with Crippen LogP contribution in [-0.4, -0.2) is 39.2 Å². The zero-order valence-electron chi connectivity index (χ0n) is 15.1. The quantitative estimate of drug-likeness (QED) is 0.749. The highest BCUT2D eigenvalue weighted by atomic mass is 32.2. The standard InChI is InChI=1S/C19H23NO4S2/c1-4-14-5-8-16(9-6-14)26(21,22)20-11-12-25-19(20)17-13-15(23-2)7-10-18(17)24-3/h5-10,13,19H,4,11-12H2,1-3H3. The lowest BCUT2D eigenvalue weighted by Crippen LogP contribution is -2.30. The SMILES string of the molecule is CCc1ccc(S(=O)(=O)N2CCSC2c2cc(OC)ccc2OC)cc1. The molecular weight excluding hydrogens is 370 g/mol. The summed E-state index contributed by atoms with van der Waals surface area (Å²) in [5.41, 5.74) is 1.92. The van der Waals surface area contributed by atoms with Crippen molar-refractivity contribution in [1.29, 1.82) is 0 Å². The third-order valence-corrected chi connectivity index (χ3v) is 7.74. The maximum absolute atomic E-state index is 13.2.